The molecular weight excluding hydrogens is 382 g/mol. The number of anilines is 1. The fourth-order valence-electron chi connectivity index (χ4n) is 3.97. The summed E-state index contributed by atoms with van der Waals surface area (Å²) >= 11 is 0. The van der Waals surface area contributed by atoms with Gasteiger partial charge in [-0.15, -0.1) is 0 Å². The second-order valence-corrected chi connectivity index (χ2v) is 7.68. The molecule has 0 unspecified atom stereocenters. The normalized spacial score (nSPS) is 12.7. The Labute approximate surface area is 178 Å². The standard InChI is InChI=1S/C26H19N5/c27-25-4-2-1-3-23(25)24-14-22-13-20-8-7-18(29-20)11-16-5-6-17(28-16)12-19-9-10-21(30-19)15-26(24)31-22/h1-15,28-29H,27H2. The van der Waals surface area contributed by atoms with E-state index in [4.69, 9.17) is 15.7 Å². The minimum Gasteiger partial charge on any atom is -0.398 e. The number of fused-ring (bicyclic) bond motifs is 8. The molecule has 0 spiro atoms. The molecule has 0 amide bonds. The summed E-state index contributed by atoms with van der Waals surface area (Å²) in [6, 6.07) is 24.3. The smallest absolute Gasteiger partial charge is 0.0738 e. The number of aromatic nitrogens is 4. The number of H-pyrrole nitrogens is 2. The Bertz CT molecular complexity index is 1550. The Morgan fingerprint density at radius 3 is 1.94 bits per heavy atom. The van der Waals surface area contributed by atoms with E-state index in [-0.39, 0.29) is 0 Å². The molecule has 5 nitrogen and oxygen atoms in total. The minimum atomic E-state index is 0.727. The van der Waals surface area contributed by atoms with Gasteiger partial charge >= 0.3 is 0 Å². The van der Waals surface area contributed by atoms with Crippen LogP contribution in [0.25, 0.3) is 45.9 Å². The highest BCUT2D eigenvalue weighted by molar-refractivity contribution is 5.96. The molecular formula is C26H19N5. The summed E-state index contributed by atoms with van der Waals surface area (Å²) in [5, 5.41) is 0. The van der Waals surface area contributed by atoms with Crippen molar-refractivity contribution in [3.8, 4) is 0 Å². The second-order valence-electron chi connectivity index (χ2n) is 7.68. The molecule has 5 heterocycles. The van der Waals surface area contributed by atoms with Gasteiger partial charge < -0.3 is 15.7 Å². The van der Waals surface area contributed by atoms with E-state index in [0.717, 1.165) is 61.7 Å². The fraction of sp³-hybridized carbons (Fsp3) is 0. The largest absolute Gasteiger partial charge is 0.398 e. The number of para-hydroxylation sites is 1. The van der Waals surface area contributed by atoms with Crippen molar-refractivity contribution in [3.63, 3.8) is 0 Å². The Morgan fingerprint density at radius 1 is 0.613 bits per heavy atom. The van der Waals surface area contributed by atoms with Gasteiger partial charge in [-0.2, -0.15) is 0 Å². The van der Waals surface area contributed by atoms with Crippen LogP contribution in [0.5, 0.6) is 0 Å². The van der Waals surface area contributed by atoms with Gasteiger partial charge in [-0.05, 0) is 72.8 Å². The van der Waals surface area contributed by atoms with Crippen LogP contribution < -0.4 is 5.73 Å². The highest BCUT2D eigenvalue weighted by atomic mass is 14.8. The van der Waals surface area contributed by atoms with Gasteiger partial charge in [0.25, 0.3) is 0 Å². The molecule has 2 aliphatic rings. The highest BCUT2D eigenvalue weighted by Gasteiger charge is 2.15. The molecule has 0 atom stereocenters. The van der Waals surface area contributed by atoms with Crippen molar-refractivity contribution in [1.82, 2.24) is 19.9 Å². The lowest BCUT2D eigenvalue weighted by molar-refractivity contribution is 1.27. The molecule has 6 rings (SSSR count). The zero-order valence-corrected chi connectivity index (χ0v) is 16.6. The van der Waals surface area contributed by atoms with Crippen LogP contribution in [0.1, 0.15) is 28.3 Å². The van der Waals surface area contributed by atoms with Gasteiger partial charge in [0.1, 0.15) is 0 Å². The molecule has 1 aromatic carbocycles. The molecule has 0 radical (unpaired) electrons. The number of hydrogen-bond donors (Lipinski definition) is 3. The monoisotopic (exact) mass is 401 g/mol. The second kappa shape index (κ2) is 6.85. The summed E-state index contributed by atoms with van der Waals surface area (Å²) in [6.07, 6.45) is 6.09. The third-order valence-corrected chi connectivity index (χ3v) is 5.42. The topological polar surface area (TPSA) is 83.4 Å². The number of nitrogen functional groups attached to an aromatic ring is 1. The fourth-order valence-corrected chi connectivity index (χ4v) is 3.97. The predicted molar refractivity (Wildman–Crippen MR) is 128 cm³/mol. The first-order valence-electron chi connectivity index (χ1n) is 10.1. The van der Waals surface area contributed by atoms with Crippen molar-refractivity contribution >= 4 is 51.6 Å². The average Bonchev–Trinajstić information content (AvgIpc) is 3.53. The number of benzene rings is 1. The molecule has 0 fully saturated rings. The maximum Gasteiger partial charge on any atom is 0.0738 e. The van der Waals surface area contributed by atoms with E-state index in [0.29, 0.717) is 0 Å². The van der Waals surface area contributed by atoms with Gasteiger partial charge in [0.15, 0.2) is 0 Å². The molecule has 5 heteroatoms. The molecule has 2 aliphatic heterocycles. The first-order chi connectivity index (χ1) is 15.2. The molecule has 4 N–H and O–H groups in total. The Kier molecular flexibility index (Phi) is 3.86. The van der Waals surface area contributed by atoms with Crippen LogP contribution in [0.4, 0.5) is 5.69 Å². The van der Waals surface area contributed by atoms with Crippen molar-refractivity contribution in [2.24, 2.45) is 0 Å². The number of hydrogen-bond acceptors (Lipinski definition) is 3. The van der Waals surface area contributed by atoms with Gasteiger partial charge in [0.05, 0.1) is 22.8 Å². The zero-order valence-electron chi connectivity index (χ0n) is 16.6. The Hall–Kier alpha value is -4.38. The van der Waals surface area contributed by atoms with Crippen molar-refractivity contribution < 1.29 is 0 Å². The van der Waals surface area contributed by atoms with E-state index in [2.05, 4.69) is 46.4 Å². The average molecular weight is 401 g/mol. The quantitative estimate of drug-likeness (QED) is 0.311. The van der Waals surface area contributed by atoms with Crippen molar-refractivity contribution in [3.05, 3.63) is 101 Å². The van der Waals surface area contributed by atoms with Gasteiger partial charge in [0.2, 0.25) is 0 Å². The van der Waals surface area contributed by atoms with Gasteiger partial charge in [-0.3, -0.25) is 0 Å². The summed E-state index contributed by atoms with van der Waals surface area (Å²) in [5.74, 6) is 0. The summed E-state index contributed by atoms with van der Waals surface area (Å²) < 4.78 is 0. The summed E-state index contributed by atoms with van der Waals surface area (Å²) in [4.78, 5) is 16.5. The number of nitrogens with zero attached hydrogens (tertiary/aromatic N) is 2. The van der Waals surface area contributed by atoms with Gasteiger partial charge in [0, 0.05) is 38.9 Å². The maximum absolute atomic E-state index is 6.28. The molecule has 8 bridgehead atoms. The van der Waals surface area contributed by atoms with Crippen LogP contribution in [0.15, 0.2) is 72.8 Å². The van der Waals surface area contributed by atoms with Crippen LogP contribution in [0.3, 0.4) is 0 Å². The predicted octanol–water partition coefficient (Wildman–Crippen LogP) is 5.66. The lowest BCUT2D eigenvalue weighted by atomic mass is 10.0. The summed E-state index contributed by atoms with van der Waals surface area (Å²) in [7, 11) is 0. The number of rotatable bonds is 1. The van der Waals surface area contributed by atoms with Crippen LogP contribution in [-0.2, 0) is 0 Å². The van der Waals surface area contributed by atoms with Crippen LogP contribution in [0, 0.1) is 0 Å². The molecule has 0 aliphatic carbocycles. The first-order valence-corrected chi connectivity index (χ1v) is 10.1. The van der Waals surface area contributed by atoms with Crippen LogP contribution in [0.2, 0.25) is 0 Å². The van der Waals surface area contributed by atoms with E-state index >= 15 is 0 Å². The van der Waals surface area contributed by atoms with Crippen LogP contribution in [-0.4, -0.2) is 19.9 Å². The summed E-state index contributed by atoms with van der Waals surface area (Å²) in [6.45, 7) is 0. The molecule has 148 valence electrons. The van der Waals surface area contributed by atoms with Crippen LogP contribution >= 0.6 is 0 Å². The van der Waals surface area contributed by atoms with Crippen molar-refractivity contribution in [2.75, 3.05) is 5.73 Å². The molecule has 31 heavy (non-hydrogen) atoms. The van der Waals surface area contributed by atoms with E-state index < -0.39 is 0 Å². The first kappa shape index (κ1) is 17.5. The minimum absolute atomic E-state index is 0.727. The van der Waals surface area contributed by atoms with Gasteiger partial charge in [-0.25, -0.2) is 9.97 Å². The molecule has 3 aromatic heterocycles. The number of nitrogens with two attached hydrogens (primary N) is 1. The molecule has 0 saturated carbocycles. The maximum atomic E-state index is 6.28. The van der Waals surface area contributed by atoms with E-state index in [1.807, 2.05) is 54.6 Å². The molecule has 0 saturated heterocycles. The highest BCUT2D eigenvalue weighted by Crippen LogP contribution is 2.32. The number of aromatic amines is 2. The van der Waals surface area contributed by atoms with Crippen molar-refractivity contribution in [2.45, 2.75) is 0 Å². The van der Waals surface area contributed by atoms with E-state index in [1.165, 1.54) is 0 Å². The van der Waals surface area contributed by atoms with Crippen molar-refractivity contribution in [1.29, 1.82) is 0 Å². The third-order valence-electron chi connectivity index (χ3n) is 5.42. The van der Waals surface area contributed by atoms with Gasteiger partial charge in [-0.1, -0.05) is 18.2 Å². The number of nitrogens with one attached hydrogen (secondary N) is 2. The Balaban J connectivity index is 1.66. The molecule has 4 aromatic rings. The van der Waals surface area contributed by atoms with E-state index in [9.17, 15) is 0 Å². The Morgan fingerprint density at radius 2 is 1.23 bits per heavy atom. The SMILES string of the molecule is Nc1ccccc1C1=Cc2cc3ccc(cc4ccc(cc5nc(cc1n2)C=C5)[nH]4)[nH]3. The lowest BCUT2D eigenvalue weighted by Gasteiger charge is -2.05. The lowest BCUT2D eigenvalue weighted by Crippen LogP contribution is -1.93. The third kappa shape index (κ3) is 3.32. The summed E-state index contributed by atoms with van der Waals surface area (Å²) in [5.41, 5.74) is 16.5. The van der Waals surface area contributed by atoms with E-state index in [1.54, 1.807) is 0 Å². The zero-order chi connectivity index (χ0) is 20.8.